The van der Waals surface area contributed by atoms with Crippen LogP contribution in [-0.4, -0.2) is 12.2 Å². The largest absolute Gasteiger partial charge is 0.370 e. The molecule has 1 heterocycles. The van der Waals surface area contributed by atoms with Crippen LogP contribution in [0.1, 0.15) is 0 Å². The first kappa shape index (κ1) is 7.49. The number of thiol groups is 1. The van der Waals surface area contributed by atoms with Crippen LogP contribution >= 0.6 is 12.6 Å². The van der Waals surface area contributed by atoms with Gasteiger partial charge in [-0.15, -0.1) is 12.6 Å². The molecule has 12 heavy (non-hydrogen) atoms. The summed E-state index contributed by atoms with van der Waals surface area (Å²) in [6.07, 6.45) is 0. The molecule has 0 aliphatic heterocycles. The predicted octanol–water partition coefficient (Wildman–Crippen LogP) is 2.16. The molecule has 0 amide bonds. The van der Waals surface area contributed by atoms with Crippen molar-refractivity contribution in [3.8, 4) is 0 Å². The summed E-state index contributed by atoms with van der Waals surface area (Å²) in [5, 5.41) is 7.74. The van der Waals surface area contributed by atoms with E-state index in [9.17, 15) is 0 Å². The molecule has 0 radical (unpaired) electrons. The molecule has 3 nitrogen and oxygen atoms in total. The van der Waals surface area contributed by atoms with Crippen molar-refractivity contribution >= 4 is 29.4 Å². The first-order valence-corrected chi connectivity index (χ1v) is 4.03. The molecule has 0 aliphatic carbocycles. The van der Waals surface area contributed by atoms with Crippen molar-refractivity contribution in [3.05, 3.63) is 18.2 Å². The molecule has 0 bridgehead atoms. The van der Waals surface area contributed by atoms with E-state index in [1.807, 2.05) is 25.2 Å². The first-order valence-electron chi connectivity index (χ1n) is 3.58. The Bertz CT molecular complexity index is 410. The highest BCUT2D eigenvalue weighted by atomic mass is 32.1. The average molecular weight is 180 g/mol. The predicted molar refractivity (Wildman–Crippen MR) is 50.8 cm³/mol. The maximum absolute atomic E-state index is 5.08. The second-order valence-electron chi connectivity index (χ2n) is 2.44. The van der Waals surface area contributed by atoms with Crippen molar-refractivity contribution in [3.63, 3.8) is 0 Å². The molecule has 0 saturated heterocycles. The highest BCUT2D eigenvalue weighted by molar-refractivity contribution is 7.80. The van der Waals surface area contributed by atoms with E-state index in [0.29, 0.717) is 0 Å². The number of nitrogens with zero attached hydrogens (tertiary/aromatic N) is 1. The van der Waals surface area contributed by atoms with Crippen molar-refractivity contribution < 1.29 is 4.52 Å². The summed E-state index contributed by atoms with van der Waals surface area (Å²) >= 11 is 4.24. The fraction of sp³-hybridized carbons (Fsp3) is 0.125. The van der Waals surface area contributed by atoms with Gasteiger partial charge in [-0.1, -0.05) is 11.2 Å². The van der Waals surface area contributed by atoms with Crippen LogP contribution in [0, 0.1) is 0 Å². The summed E-state index contributed by atoms with van der Waals surface area (Å²) in [4.78, 5) is 0.807. The van der Waals surface area contributed by atoms with Crippen LogP contribution in [0.3, 0.4) is 0 Å². The number of para-hydroxylation sites is 1. The lowest BCUT2D eigenvalue weighted by Gasteiger charge is -1.92. The monoisotopic (exact) mass is 180 g/mol. The summed E-state index contributed by atoms with van der Waals surface area (Å²) < 4.78 is 5.08. The average Bonchev–Trinajstić information content (AvgIpc) is 2.49. The van der Waals surface area contributed by atoms with Crippen LogP contribution in [-0.2, 0) is 0 Å². The minimum absolute atomic E-state index is 0.727. The highest BCUT2D eigenvalue weighted by Gasteiger charge is 2.07. The van der Waals surface area contributed by atoms with Gasteiger partial charge in [-0.05, 0) is 12.1 Å². The van der Waals surface area contributed by atoms with Crippen LogP contribution in [0.15, 0.2) is 27.6 Å². The van der Waals surface area contributed by atoms with Crippen molar-refractivity contribution in [2.24, 2.45) is 0 Å². The Morgan fingerprint density at radius 3 is 3.08 bits per heavy atom. The van der Waals surface area contributed by atoms with E-state index in [4.69, 9.17) is 4.52 Å². The number of benzene rings is 1. The maximum atomic E-state index is 5.08. The molecule has 0 saturated carbocycles. The van der Waals surface area contributed by atoms with Crippen LogP contribution in [0.5, 0.6) is 0 Å². The SMILES string of the molecule is CNc1noc2c(S)cccc12. The van der Waals surface area contributed by atoms with Crippen LogP contribution < -0.4 is 5.32 Å². The number of rotatable bonds is 1. The fourth-order valence-corrected chi connectivity index (χ4v) is 1.38. The Labute approximate surface area is 75.1 Å². The standard InChI is InChI=1S/C8H8N2OS/c1-9-8-5-3-2-4-6(12)7(5)11-10-8/h2-4,12H,1H3,(H,9,10). The lowest BCUT2D eigenvalue weighted by atomic mass is 10.2. The molecule has 2 aromatic rings. The van der Waals surface area contributed by atoms with Gasteiger partial charge in [0.1, 0.15) is 0 Å². The van der Waals surface area contributed by atoms with Crippen LogP contribution in [0.2, 0.25) is 0 Å². The summed E-state index contributed by atoms with van der Waals surface area (Å²) in [6, 6.07) is 5.73. The molecule has 0 aliphatic rings. The third-order valence-electron chi connectivity index (χ3n) is 1.71. The van der Waals surface area contributed by atoms with E-state index in [1.54, 1.807) is 0 Å². The Morgan fingerprint density at radius 1 is 1.50 bits per heavy atom. The summed E-state index contributed by atoms with van der Waals surface area (Å²) in [5.74, 6) is 0.751. The molecule has 0 spiro atoms. The molecule has 1 N–H and O–H groups in total. The normalized spacial score (nSPS) is 10.5. The van der Waals surface area contributed by atoms with E-state index in [0.717, 1.165) is 21.7 Å². The lowest BCUT2D eigenvalue weighted by Crippen LogP contribution is -1.86. The summed E-state index contributed by atoms with van der Waals surface area (Å²) in [6.45, 7) is 0. The van der Waals surface area contributed by atoms with Gasteiger partial charge in [0.25, 0.3) is 0 Å². The Kier molecular flexibility index (Phi) is 1.69. The number of anilines is 1. The summed E-state index contributed by atoms with van der Waals surface area (Å²) in [7, 11) is 1.81. The van der Waals surface area contributed by atoms with Gasteiger partial charge in [0.05, 0.1) is 10.3 Å². The zero-order valence-corrected chi connectivity index (χ0v) is 7.43. The zero-order valence-electron chi connectivity index (χ0n) is 6.53. The van der Waals surface area contributed by atoms with E-state index in [1.165, 1.54) is 0 Å². The third kappa shape index (κ3) is 0.956. The van der Waals surface area contributed by atoms with Crippen molar-refractivity contribution in [2.75, 3.05) is 12.4 Å². The molecule has 0 unspecified atom stereocenters. The molecule has 0 atom stereocenters. The molecule has 62 valence electrons. The van der Waals surface area contributed by atoms with Gasteiger partial charge in [-0.3, -0.25) is 0 Å². The van der Waals surface area contributed by atoms with Gasteiger partial charge in [0.2, 0.25) is 0 Å². The quantitative estimate of drug-likeness (QED) is 0.660. The van der Waals surface area contributed by atoms with Gasteiger partial charge in [0, 0.05) is 7.05 Å². The zero-order chi connectivity index (χ0) is 8.55. The maximum Gasteiger partial charge on any atom is 0.182 e. The first-order chi connectivity index (χ1) is 5.83. The molecule has 1 aromatic heterocycles. The van der Waals surface area contributed by atoms with E-state index in [-0.39, 0.29) is 0 Å². The Morgan fingerprint density at radius 2 is 2.33 bits per heavy atom. The number of nitrogens with one attached hydrogen (secondary N) is 1. The van der Waals surface area contributed by atoms with E-state index < -0.39 is 0 Å². The Balaban J connectivity index is 2.80. The third-order valence-corrected chi connectivity index (χ3v) is 2.07. The highest BCUT2D eigenvalue weighted by Crippen LogP contribution is 2.26. The Hall–Kier alpha value is -1.16. The minimum atomic E-state index is 0.727. The molecule has 4 heteroatoms. The second-order valence-corrected chi connectivity index (χ2v) is 2.92. The number of hydrogen-bond donors (Lipinski definition) is 2. The van der Waals surface area contributed by atoms with Crippen LogP contribution in [0.25, 0.3) is 11.0 Å². The fourth-order valence-electron chi connectivity index (χ4n) is 1.13. The lowest BCUT2D eigenvalue weighted by molar-refractivity contribution is 0.455. The molecular formula is C8H8N2OS. The summed E-state index contributed by atoms with van der Waals surface area (Å²) in [5.41, 5.74) is 0.727. The van der Waals surface area contributed by atoms with Gasteiger partial charge in [-0.2, -0.15) is 0 Å². The van der Waals surface area contributed by atoms with Crippen molar-refractivity contribution in [1.29, 1.82) is 0 Å². The smallest absolute Gasteiger partial charge is 0.182 e. The van der Waals surface area contributed by atoms with E-state index in [2.05, 4.69) is 23.1 Å². The van der Waals surface area contributed by atoms with Crippen molar-refractivity contribution in [2.45, 2.75) is 4.90 Å². The minimum Gasteiger partial charge on any atom is -0.370 e. The second kappa shape index (κ2) is 2.71. The van der Waals surface area contributed by atoms with E-state index >= 15 is 0 Å². The molecule has 2 rings (SSSR count). The van der Waals surface area contributed by atoms with Crippen molar-refractivity contribution in [1.82, 2.24) is 5.16 Å². The molecule has 0 fully saturated rings. The number of aromatic nitrogens is 1. The molecular weight excluding hydrogens is 172 g/mol. The van der Waals surface area contributed by atoms with Gasteiger partial charge >= 0.3 is 0 Å². The van der Waals surface area contributed by atoms with Gasteiger partial charge < -0.3 is 9.84 Å². The molecule has 1 aromatic carbocycles. The number of fused-ring (bicyclic) bond motifs is 1. The number of hydrogen-bond acceptors (Lipinski definition) is 4. The van der Waals surface area contributed by atoms with Gasteiger partial charge in [0.15, 0.2) is 11.4 Å². The van der Waals surface area contributed by atoms with Crippen LogP contribution in [0.4, 0.5) is 5.82 Å². The topological polar surface area (TPSA) is 38.1 Å². The van der Waals surface area contributed by atoms with Gasteiger partial charge in [-0.25, -0.2) is 0 Å².